The minimum absolute atomic E-state index is 0.0371. The zero-order chi connectivity index (χ0) is 14.2. The molecule has 0 aliphatic rings. The fourth-order valence-corrected chi connectivity index (χ4v) is 1.86. The van der Waals surface area contributed by atoms with Crippen LogP contribution in [0.25, 0.3) is 0 Å². The second-order valence-corrected chi connectivity index (χ2v) is 5.06. The number of hydrogen-bond donors (Lipinski definition) is 0. The summed E-state index contributed by atoms with van der Waals surface area (Å²) in [5.41, 5.74) is 0. The van der Waals surface area contributed by atoms with E-state index in [1.165, 1.54) is 25.7 Å². The first kappa shape index (κ1) is 18.4. The van der Waals surface area contributed by atoms with E-state index in [2.05, 4.69) is 13.8 Å². The molecule has 0 aliphatic carbocycles. The van der Waals surface area contributed by atoms with Crippen LogP contribution in [0.2, 0.25) is 0 Å². The van der Waals surface area contributed by atoms with Crippen molar-refractivity contribution in [3.63, 3.8) is 0 Å². The van der Waals surface area contributed by atoms with Gasteiger partial charge in [0.05, 0.1) is 6.61 Å². The normalized spacial score (nSPS) is 10.6. The predicted molar refractivity (Wildman–Crippen MR) is 79.3 cm³/mol. The molecule has 114 valence electrons. The molecular formula is C16H32O3. The first-order valence-electron chi connectivity index (χ1n) is 8.04. The van der Waals surface area contributed by atoms with Crippen LogP contribution < -0.4 is 0 Å². The summed E-state index contributed by atoms with van der Waals surface area (Å²) in [6, 6.07) is 0. The number of rotatable bonds is 14. The summed E-state index contributed by atoms with van der Waals surface area (Å²) < 4.78 is 10.6. The molecule has 0 atom stereocenters. The number of hydrogen-bond acceptors (Lipinski definition) is 3. The molecule has 0 radical (unpaired) electrons. The molecule has 0 amide bonds. The highest BCUT2D eigenvalue weighted by atomic mass is 16.5. The van der Waals surface area contributed by atoms with E-state index < -0.39 is 0 Å². The first-order valence-corrected chi connectivity index (χ1v) is 8.04. The number of esters is 1. The molecule has 0 rings (SSSR count). The molecule has 3 nitrogen and oxygen atoms in total. The van der Waals surface area contributed by atoms with Crippen molar-refractivity contribution < 1.29 is 14.3 Å². The summed E-state index contributed by atoms with van der Waals surface area (Å²) in [5, 5.41) is 0. The van der Waals surface area contributed by atoms with Crippen LogP contribution in [0, 0.1) is 0 Å². The average molecular weight is 272 g/mol. The van der Waals surface area contributed by atoms with Gasteiger partial charge in [-0.1, -0.05) is 46.0 Å². The molecule has 0 fully saturated rings. The molecule has 0 spiro atoms. The van der Waals surface area contributed by atoms with Crippen molar-refractivity contribution in [2.75, 3.05) is 19.8 Å². The second-order valence-electron chi connectivity index (χ2n) is 5.06. The van der Waals surface area contributed by atoms with Gasteiger partial charge in [-0.05, 0) is 25.7 Å². The van der Waals surface area contributed by atoms with Crippen LogP contribution in [0.5, 0.6) is 0 Å². The van der Waals surface area contributed by atoms with Crippen LogP contribution >= 0.6 is 0 Å². The quantitative estimate of drug-likeness (QED) is 0.345. The van der Waals surface area contributed by atoms with Gasteiger partial charge < -0.3 is 9.47 Å². The van der Waals surface area contributed by atoms with E-state index in [0.717, 1.165) is 45.3 Å². The number of carbonyl (C=O) groups excluding carboxylic acids is 1. The Bertz CT molecular complexity index is 192. The molecule has 0 bridgehead atoms. The molecule has 0 aliphatic heterocycles. The second kappa shape index (κ2) is 15.5. The molecular weight excluding hydrogens is 240 g/mol. The zero-order valence-corrected chi connectivity index (χ0v) is 12.9. The molecule has 0 unspecified atom stereocenters. The Morgan fingerprint density at radius 3 is 2.16 bits per heavy atom. The third-order valence-electron chi connectivity index (χ3n) is 3.03. The Kier molecular flexibility index (Phi) is 15.0. The van der Waals surface area contributed by atoms with E-state index in [1.54, 1.807) is 0 Å². The van der Waals surface area contributed by atoms with Crippen molar-refractivity contribution >= 4 is 5.97 Å². The highest BCUT2D eigenvalue weighted by Gasteiger charge is 2.02. The van der Waals surface area contributed by atoms with Crippen molar-refractivity contribution in [1.82, 2.24) is 0 Å². The summed E-state index contributed by atoms with van der Waals surface area (Å²) in [6.45, 7) is 6.58. The molecule has 3 heteroatoms. The number of ether oxygens (including phenoxy) is 2. The summed E-state index contributed by atoms with van der Waals surface area (Å²) in [5.74, 6) is -0.0371. The maximum Gasteiger partial charge on any atom is 0.305 e. The Balaban J connectivity index is 3.13. The largest absolute Gasteiger partial charge is 0.466 e. The van der Waals surface area contributed by atoms with Gasteiger partial charge in [-0.2, -0.15) is 0 Å². The Labute approximate surface area is 119 Å². The van der Waals surface area contributed by atoms with E-state index in [-0.39, 0.29) is 5.97 Å². The van der Waals surface area contributed by atoms with Crippen molar-refractivity contribution in [3.8, 4) is 0 Å². The number of unbranched alkanes of at least 4 members (excludes halogenated alkanes) is 6. The SMILES string of the molecule is CCCCCCCOC(=O)CCCCCOCCC. The summed E-state index contributed by atoms with van der Waals surface area (Å²) >= 11 is 0. The van der Waals surface area contributed by atoms with Crippen molar-refractivity contribution in [2.24, 2.45) is 0 Å². The van der Waals surface area contributed by atoms with Gasteiger partial charge in [0.15, 0.2) is 0 Å². The van der Waals surface area contributed by atoms with Gasteiger partial charge in [0.2, 0.25) is 0 Å². The molecule has 0 saturated heterocycles. The number of carbonyl (C=O) groups is 1. The van der Waals surface area contributed by atoms with Crippen LogP contribution in [-0.2, 0) is 14.3 Å². The Morgan fingerprint density at radius 2 is 1.42 bits per heavy atom. The minimum Gasteiger partial charge on any atom is -0.466 e. The van der Waals surface area contributed by atoms with Gasteiger partial charge in [0.1, 0.15) is 0 Å². The van der Waals surface area contributed by atoms with Gasteiger partial charge >= 0.3 is 5.97 Å². The smallest absolute Gasteiger partial charge is 0.305 e. The van der Waals surface area contributed by atoms with Gasteiger partial charge in [-0.15, -0.1) is 0 Å². The standard InChI is InChI=1S/C16H32O3/c1-3-5-6-7-11-15-19-16(17)12-9-8-10-14-18-13-4-2/h3-15H2,1-2H3. The van der Waals surface area contributed by atoms with Crippen molar-refractivity contribution in [1.29, 1.82) is 0 Å². The third-order valence-corrected chi connectivity index (χ3v) is 3.03. The van der Waals surface area contributed by atoms with Crippen LogP contribution in [0.1, 0.15) is 78.1 Å². The Hall–Kier alpha value is -0.570. The van der Waals surface area contributed by atoms with E-state index in [1.807, 2.05) is 0 Å². The first-order chi connectivity index (χ1) is 9.31. The van der Waals surface area contributed by atoms with Crippen LogP contribution in [0.3, 0.4) is 0 Å². The van der Waals surface area contributed by atoms with E-state index in [0.29, 0.717) is 13.0 Å². The fraction of sp³-hybridized carbons (Fsp3) is 0.938. The molecule has 0 aromatic carbocycles. The highest BCUT2D eigenvalue weighted by molar-refractivity contribution is 5.69. The Morgan fingerprint density at radius 1 is 0.737 bits per heavy atom. The highest BCUT2D eigenvalue weighted by Crippen LogP contribution is 2.05. The third kappa shape index (κ3) is 15.4. The maximum atomic E-state index is 11.4. The molecule has 0 aromatic heterocycles. The van der Waals surface area contributed by atoms with Gasteiger partial charge in [-0.25, -0.2) is 0 Å². The summed E-state index contributed by atoms with van der Waals surface area (Å²) in [7, 11) is 0. The predicted octanol–water partition coefficient (Wildman–Crippen LogP) is 4.49. The lowest BCUT2D eigenvalue weighted by atomic mass is 10.2. The summed E-state index contributed by atoms with van der Waals surface area (Å²) in [6.07, 6.45) is 10.6. The monoisotopic (exact) mass is 272 g/mol. The van der Waals surface area contributed by atoms with E-state index in [9.17, 15) is 4.79 Å². The van der Waals surface area contributed by atoms with Gasteiger partial charge in [0, 0.05) is 19.6 Å². The maximum absolute atomic E-state index is 11.4. The van der Waals surface area contributed by atoms with Crippen LogP contribution in [-0.4, -0.2) is 25.8 Å². The van der Waals surface area contributed by atoms with Gasteiger partial charge in [-0.3, -0.25) is 4.79 Å². The molecule has 0 saturated carbocycles. The molecule has 0 N–H and O–H groups in total. The summed E-state index contributed by atoms with van der Waals surface area (Å²) in [4.78, 5) is 11.4. The molecule has 0 heterocycles. The lowest BCUT2D eigenvalue weighted by Crippen LogP contribution is -2.06. The van der Waals surface area contributed by atoms with Crippen LogP contribution in [0.4, 0.5) is 0 Å². The molecule has 0 aromatic rings. The fourth-order valence-electron chi connectivity index (χ4n) is 1.86. The van der Waals surface area contributed by atoms with E-state index >= 15 is 0 Å². The van der Waals surface area contributed by atoms with Crippen LogP contribution in [0.15, 0.2) is 0 Å². The minimum atomic E-state index is -0.0371. The lowest BCUT2D eigenvalue weighted by molar-refractivity contribution is -0.143. The average Bonchev–Trinajstić information content (AvgIpc) is 2.41. The van der Waals surface area contributed by atoms with Crippen molar-refractivity contribution in [3.05, 3.63) is 0 Å². The zero-order valence-electron chi connectivity index (χ0n) is 12.9. The van der Waals surface area contributed by atoms with Crippen molar-refractivity contribution in [2.45, 2.75) is 78.1 Å². The molecule has 19 heavy (non-hydrogen) atoms. The lowest BCUT2D eigenvalue weighted by Gasteiger charge is -2.05. The topological polar surface area (TPSA) is 35.5 Å². The van der Waals surface area contributed by atoms with Gasteiger partial charge in [0.25, 0.3) is 0 Å². The van der Waals surface area contributed by atoms with E-state index in [4.69, 9.17) is 9.47 Å².